The van der Waals surface area contributed by atoms with Crippen molar-refractivity contribution in [3.05, 3.63) is 52.8 Å². The Bertz CT molecular complexity index is 754. The number of rotatable bonds is 2. The topological polar surface area (TPSA) is 24.9 Å². The molecule has 0 fully saturated rings. The summed E-state index contributed by atoms with van der Waals surface area (Å²) < 4.78 is 14.7. The summed E-state index contributed by atoms with van der Waals surface area (Å²) in [6.45, 7) is 1.85. The average molecular weight is 293 g/mol. The fraction of sp³-hybridized carbons (Fsp3) is 0.0714. The SMILES string of the molecule is Cc1ccc(Nc2nc3ccc(Cl)cc3s2)c(F)c1. The molecular formula is C14H10ClFN2S. The van der Waals surface area contributed by atoms with Crippen molar-refractivity contribution < 1.29 is 4.39 Å². The van der Waals surface area contributed by atoms with Gasteiger partial charge in [0, 0.05) is 5.02 Å². The Hall–Kier alpha value is -1.65. The van der Waals surface area contributed by atoms with E-state index in [1.54, 1.807) is 12.1 Å². The van der Waals surface area contributed by atoms with Gasteiger partial charge in [0.2, 0.25) is 0 Å². The molecule has 0 aliphatic rings. The predicted molar refractivity (Wildman–Crippen MR) is 79.0 cm³/mol. The van der Waals surface area contributed by atoms with Crippen LogP contribution in [-0.2, 0) is 0 Å². The van der Waals surface area contributed by atoms with Crippen molar-refractivity contribution in [2.24, 2.45) is 0 Å². The van der Waals surface area contributed by atoms with Crippen LogP contribution in [0.5, 0.6) is 0 Å². The van der Waals surface area contributed by atoms with Gasteiger partial charge in [-0.15, -0.1) is 0 Å². The highest BCUT2D eigenvalue weighted by Gasteiger charge is 2.07. The van der Waals surface area contributed by atoms with Crippen LogP contribution < -0.4 is 5.32 Å². The van der Waals surface area contributed by atoms with Gasteiger partial charge in [-0.25, -0.2) is 9.37 Å². The van der Waals surface area contributed by atoms with Crippen molar-refractivity contribution in [3.63, 3.8) is 0 Å². The molecule has 5 heteroatoms. The maximum atomic E-state index is 13.7. The van der Waals surface area contributed by atoms with Gasteiger partial charge in [-0.2, -0.15) is 0 Å². The van der Waals surface area contributed by atoms with E-state index in [0.717, 1.165) is 15.8 Å². The summed E-state index contributed by atoms with van der Waals surface area (Å²) in [4.78, 5) is 4.39. The number of hydrogen-bond donors (Lipinski definition) is 1. The smallest absolute Gasteiger partial charge is 0.188 e. The zero-order valence-corrected chi connectivity index (χ0v) is 11.6. The quantitative estimate of drug-likeness (QED) is 0.707. The number of benzene rings is 2. The second-order valence-electron chi connectivity index (χ2n) is 4.24. The average Bonchev–Trinajstić information content (AvgIpc) is 2.74. The molecule has 0 bridgehead atoms. The molecule has 1 aromatic heterocycles. The monoisotopic (exact) mass is 292 g/mol. The van der Waals surface area contributed by atoms with Crippen LogP contribution in [0.3, 0.4) is 0 Å². The molecule has 0 saturated carbocycles. The lowest BCUT2D eigenvalue weighted by Gasteiger charge is -2.04. The van der Waals surface area contributed by atoms with E-state index in [4.69, 9.17) is 11.6 Å². The molecule has 2 aromatic carbocycles. The van der Waals surface area contributed by atoms with Gasteiger partial charge in [0.05, 0.1) is 15.9 Å². The van der Waals surface area contributed by atoms with Crippen molar-refractivity contribution in [1.82, 2.24) is 4.98 Å². The van der Waals surface area contributed by atoms with Gasteiger partial charge >= 0.3 is 0 Å². The first-order valence-corrected chi connectivity index (χ1v) is 6.90. The van der Waals surface area contributed by atoms with Crippen LogP contribution >= 0.6 is 22.9 Å². The normalized spacial score (nSPS) is 10.9. The van der Waals surface area contributed by atoms with E-state index in [2.05, 4.69) is 10.3 Å². The molecule has 2 nitrogen and oxygen atoms in total. The molecular weight excluding hydrogens is 283 g/mol. The van der Waals surface area contributed by atoms with Crippen LogP contribution in [-0.4, -0.2) is 4.98 Å². The minimum atomic E-state index is -0.280. The number of aryl methyl sites for hydroxylation is 1. The number of nitrogens with zero attached hydrogens (tertiary/aromatic N) is 1. The fourth-order valence-electron chi connectivity index (χ4n) is 1.79. The lowest BCUT2D eigenvalue weighted by molar-refractivity contribution is 0.630. The Kier molecular flexibility index (Phi) is 3.12. The Morgan fingerprint density at radius 1 is 1.21 bits per heavy atom. The van der Waals surface area contributed by atoms with Crippen molar-refractivity contribution in [2.45, 2.75) is 6.92 Å². The van der Waals surface area contributed by atoms with Crippen LogP contribution in [0.1, 0.15) is 5.56 Å². The molecule has 0 spiro atoms. The molecule has 19 heavy (non-hydrogen) atoms. The van der Waals surface area contributed by atoms with Gasteiger partial charge in [-0.3, -0.25) is 0 Å². The highest BCUT2D eigenvalue weighted by molar-refractivity contribution is 7.22. The van der Waals surface area contributed by atoms with Gasteiger partial charge in [0.15, 0.2) is 5.13 Å². The summed E-state index contributed by atoms with van der Waals surface area (Å²) in [6.07, 6.45) is 0. The molecule has 0 aliphatic carbocycles. The highest BCUT2D eigenvalue weighted by Crippen LogP contribution is 2.30. The molecule has 96 valence electrons. The lowest BCUT2D eigenvalue weighted by Crippen LogP contribution is -1.93. The van der Waals surface area contributed by atoms with Crippen LogP contribution in [0.4, 0.5) is 15.2 Å². The van der Waals surface area contributed by atoms with Gasteiger partial charge in [-0.05, 0) is 42.8 Å². The Labute approximate surface area is 118 Å². The van der Waals surface area contributed by atoms with Gasteiger partial charge in [-0.1, -0.05) is 29.0 Å². The van der Waals surface area contributed by atoms with Gasteiger partial charge in [0.25, 0.3) is 0 Å². The molecule has 1 heterocycles. The number of halogens is 2. The van der Waals surface area contributed by atoms with E-state index in [0.29, 0.717) is 15.8 Å². The number of nitrogens with one attached hydrogen (secondary N) is 1. The molecule has 0 atom stereocenters. The minimum Gasteiger partial charge on any atom is -0.329 e. The third kappa shape index (κ3) is 2.55. The van der Waals surface area contributed by atoms with Crippen LogP contribution in [0.25, 0.3) is 10.2 Å². The number of anilines is 2. The first kappa shape index (κ1) is 12.4. The Morgan fingerprint density at radius 2 is 2.05 bits per heavy atom. The third-order valence-electron chi connectivity index (χ3n) is 2.72. The lowest BCUT2D eigenvalue weighted by atomic mass is 10.2. The zero-order valence-electron chi connectivity index (χ0n) is 10.1. The number of thiazole rings is 1. The zero-order chi connectivity index (χ0) is 13.4. The van der Waals surface area contributed by atoms with E-state index in [9.17, 15) is 4.39 Å². The second kappa shape index (κ2) is 4.79. The highest BCUT2D eigenvalue weighted by atomic mass is 35.5. The van der Waals surface area contributed by atoms with E-state index in [-0.39, 0.29) is 5.82 Å². The molecule has 0 aliphatic heterocycles. The van der Waals surface area contributed by atoms with Crippen LogP contribution in [0.15, 0.2) is 36.4 Å². The first-order chi connectivity index (χ1) is 9.11. The van der Waals surface area contributed by atoms with Crippen molar-refractivity contribution in [2.75, 3.05) is 5.32 Å². The summed E-state index contributed by atoms with van der Waals surface area (Å²) >= 11 is 7.38. The van der Waals surface area contributed by atoms with Gasteiger partial charge < -0.3 is 5.32 Å². The molecule has 0 saturated heterocycles. The molecule has 0 unspecified atom stereocenters. The van der Waals surface area contributed by atoms with E-state index >= 15 is 0 Å². The van der Waals surface area contributed by atoms with E-state index in [1.165, 1.54) is 17.4 Å². The summed E-state index contributed by atoms with van der Waals surface area (Å²) in [7, 11) is 0. The predicted octanol–water partition coefficient (Wildman–Crippen LogP) is 5.14. The van der Waals surface area contributed by atoms with Crippen molar-refractivity contribution in [1.29, 1.82) is 0 Å². The van der Waals surface area contributed by atoms with Crippen LogP contribution in [0.2, 0.25) is 5.02 Å². The maximum Gasteiger partial charge on any atom is 0.188 e. The summed E-state index contributed by atoms with van der Waals surface area (Å²) in [6, 6.07) is 10.6. The molecule has 1 N–H and O–H groups in total. The van der Waals surface area contributed by atoms with E-state index in [1.807, 2.05) is 25.1 Å². The molecule has 3 aromatic rings. The molecule has 3 rings (SSSR count). The third-order valence-corrected chi connectivity index (χ3v) is 3.89. The van der Waals surface area contributed by atoms with Gasteiger partial charge in [0.1, 0.15) is 5.82 Å². The van der Waals surface area contributed by atoms with Crippen LogP contribution in [0, 0.1) is 12.7 Å². The van der Waals surface area contributed by atoms with E-state index < -0.39 is 0 Å². The summed E-state index contributed by atoms with van der Waals surface area (Å²) in [5.74, 6) is -0.280. The van der Waals surface area contributed by atoms with Crippen molar-refractivity contribution >= 4 is 44.0 Å². The summed E-state index contributed by atoms with van der Waals surface area (Å²) in [5.41, 5.74) is 2.17. The minimum absolute atomic E-state index is 0.280. The maximum absolute atomic E-state index is 13.7. The number of hydrogen-bond acceptors (Lipinski definition) is 3. The fourth-order valence-corrected chi connectivity index (χ4v) is 2.94. The molecule has 0 amide bonds. The number of aromatic nitrogens is 1. The standard InChI is InChI=1S/C14H10ClFN2S/c1-8-2-4-11(10(16)6-8)17-14-18-12-5-3-9(15)7-13(12)19-14/h2-7H,1H3,(H,17,18). The Balaban J connectivity index is 1.96. The number of fused-ring (bicyclic) bond motifs is 1. The second-order valence-corrected chi connectivity index (χ2v) is 5.71. The summed E-state index contributed by atoms with van der Waals surface area (Å²) in [5, 5.41) is 4.32. The van der Waals surface area contributed by atoms with Crippen molar-refractivity contribution in [3.8, 4) is 0 Å². The Morgan fingerprint density at radius 3 is 2.84 bits per heavy atom. The first-order valence-electron chi connectivity index (χ1n) is 5.71. The largest absolute Gasteiger partial charge is 0.329 e. The molecule has 0 radical (unpaired) electrons.